The van der Waals surface area contributed by atoms with Gasteiger partial charge in [-0.25, -0.2) is 0 Å². The summed E-state index contributed by atoms with van der Waals surface area (Å²) in [6.07, 6.45) is 0. The Hall–Kier alpha value is -1.13. The zero-order valence-electron chi connectivity index (χ0n) is 11.3. The van der Waals surface area contributed by atoms with Gasteiger partial charge in [-0.2, -0.15) is 0 Å². The van der Waals surface area contributed by atoms with Gasteiger partial charge < -0.3 is 14.8 Å². The van der Waals surface area contributed by atoms with E-state index in [4.69, 9.17) is 9.47 Å². The van der Waals surface area contributed by atoms with Crippen molar-refractivity contribution < 1.29 is 9.47 Å². The Morgan fingerprint density at radius 3 is 2.59 bits per heavy atom. The Morgan fingerprint density at radius 2 is 2.00 bits per heavy atom. The number of methoxy groups -OCH3 is 1. The lowest BCUT2D eigenvalue weighted by atomic mass is 10.1. The Labute approximate surface area is 103 Å². The van der Waals surface area contributed by atoms with Crippen LogP contribution in [-0.4, -0.2) is 24.4 Å². The molecule has 0 aliphatic carbocycles. The molecule has 1 N–H and O–H groups in total. The van der Waals surface area contributed by atoms with Gasteiger partial charge in [-0.15, -0.1) is 0 Å². The normalized spacial score (nSPS) is 11.6. The van der Waals surface area contributed by atoms with E-state index in [1.807, 2.05) is 19.1 Å². The van der Waals surface area contributed by atoms with Crippen LogP contribution in [0.5, 0.6) is 5.75 Å². The maximum atomic E-state index is 5.48. The number of nitrogens with one attached hydrogen (secondary N) is 1. The van der Waals surface area contributed by atoms with Crippen molar-refractivity contribution in [1.82, 2.24) is 10.3 Å². The zero-order chi connectivity index (χ0) is 12.9. The van der Waals surface area contributed by atoms with E-state index in [9.17, 15) is 0 Å². The molecule has 17 heavy (non-hydrogen) atoms. The molecule has 0 aromatic carbocycles. The van der Waals surface area contributed by atoms with E-state index in [1.165, 1.54) is 0 Å². The van der Waals surface area contributed by atoms with Crippen LogP contribution < -0.4 is 10.1 Å². The Kier molecular flexibility index (Phi) is 4.90. The SMILES string of the molecule is COCOc1ccc(C)nc1CNC(C)(C)C. The highest BCUT2D eigenvalue weighted by Gasteiger charge is 2.12. The van der Waals surface area contributed by atoms with Gasteiger partial charge in [0.2, 0.25) is 0 Å². The summed E-state index contributed by atoms with van der Waals surface area (Å²) in [4.78, 5) is 4.49. The van der Waals surface area contributed by atoms with E-state index in [1.54, 1.807) is 7.11 Å². The van der Waals surface area contributed by atoms with Gasteiger partial charge in [0.15, 0.2) is 6.79 Å². The Bertz CT molecular complexity index is 359. The van der Waals surface area contributed by atoms with Gasteiger partial charge in [0.05, 0.1) is 5.69 Å². The van der Waals surface area contributed by atoms with Gasteiger partial charge in [0.25, 0.3) is 0 Å². The monoisotopic (exact) mass is 238 g/mol. The second-order valence-electron chi connectivity index (χ2n) is 5.05. The van der Waals surface area contributed by atoms with Crippen molar-refractivity contribution in [2.45, 2.75) is 39.8 Å². The minimum atomic E-state index is 0.0595. The third-order valence-electron chi connectivity index (χ3n) is 2.19. The largest absolute Gasteiger partial charge is 0.466 e. The predicted molar refractivity (Wildman–Crippen MR) is 68.1 cm³/mol. The second kappa shape index (κ2) is 5.98. The molecule has 4 heteroatoms. The van der Waals surface area contributed by atoms with Crippen molar-refractivity contribution in [2.24, 2.45) is 0 Å². The summed E-state index contributed by atoms with van der Waals surface area (Å²) >= 11 is 0. The molecule has 0 aliphatic heterocycles. The van der Waals surface area contributed by atoms with E-state index < -0.39 is 0 Å². The lowest BCUT2D eigenvalue weighted by Crippen LogP contribution is -2.35. The third kappa shape index (κ3) is 5.15. The molecule has 0 saturated carbocycles. The molecule has 0 spiro atoms. The minimum absolute atomic E-state index is 0.0595. The van der Waals surface area contributed by atoms with Crippen LogP contribution >= 0.6 is 0 Å². The molecule has 1 aromatic rings. The summed E-state index contributed by atoms with van der Waals surface area (Å²) in [5.74, 6) is 0.772. The molecule has 0 atom stereocenters. The molecule has 0 radical (unpaired) electrons. The lowest BCUT2D eigenvalue weighted by Gasteiger charge is -2.21. The maximum absolute atomic E-state index is 5.48. The summed E-state index contributed by atoms with van der Waals surface area (Å²) in [6, 6.07) is 3.87. The molecule has 96 valence electrons. The summed E-state index contributed by atoms with van der Waals surface area (Å²) < 4.78 is 10.4. The summed E-state index contributed by atoms with van der Waals surface area (Å²) in [7, 11) is 1.61. The molecule has 1 heterocycles. The molecule has 0 unspecified atom stereocenters. The van der Waals surface area contributed by atoms with Gasteiger partial charge in [-0.05, 0) is 39.8 Å². The van der Waals surface area contributed by atoms with Crippen molar-refractivity contribution in [3.05, 3.63) is 23.5 Å². The molecule has 1 aromatic heterocycles. The first kappa shape index (κ1) is 13.9. The molecule has 0 bridgehead atoms. The average Bonchev–Trinajstić information content (AvgIpc) is 2.24. The zero-order valence-corrected chi connectivity index (χ0v) is 11.3. The van der Waals surface area contributed by atoms with E-state index in [0.717, 1.165) is 17.1 Å². The first-order valence-electron chi connectivity index (χ1n) is 5.75. The van der Waals surface area contributed by atoms with Crippen LogP contribution in [0.15, 0.2) is 12.1 Å². The summed E-state index contributed by atoms with van der Waals surface area (Å²) in [6.45, 7) is 9.27. The molecule has 0 fully saturated rings. The molecule has 0 saturated heterocycles. The Balaban J connectivity index is 2.76. The van der Waals surface area contributed by atoms with Crippen LogP contribution in [0.2, 0.25) is 0 Å². The van der Waals surface area contributed by atoms with Crippen LogP contribution in [0.25, 0.3) is 0 Å². The van der Waals surface area contributed by atoms with Crippen molar-refractivity contribution in [2.75, 3.05) is 13.9 Å². The van der Waals surface area contributed by atoms with Crippen LogP contribution in [0.4, 0.5) is 0 Å². The molecular formula is C13H22N2O2. The van der Waals surface area contributed by atoms with Crippen molar-refractivity contribution >= 4 is 0 Å². The highest BCUT2D eigenvalue weighted by molar-refractivity contribution is 5.29. The number of rotatable bonds is 5. The summed E-state index contributed by atoms with van der Waals surface area (Å²) in [5, 5.41) is 3.40. The fraction of sp³-hybridized carbons (Fsp3) is 0.615. The van der Waals surface area contributed by atoms with Crippen LogP contribution in [0.3, 0.4) is 0 Å². The van der Waals surface area contributed by atoms with Crippen LogP contribution in [0, 0.1) is 6.92 Å². The smallest absolute Gasteiger partial charge is 0.188 e. The number of ether oxygens (including phenoxy) is 2. The lowest BCUT2D eigenvalue weighted by molar-refractivity contribution is 0.0499. The molecule has 4 nitrogen and oxygen atoms in total. The number of pyridine rings is 1. The molecule has 0 amide bonds. The van der Waals surface area contributed by atoms with Gasteiger partial charge in [0.1, 0.15) is 5.75 Å². The van der Waals surface area contributed by atoms with E-state index in [2.05, 4.69) is 31.1 Å². The highest BCUT2D eigenvalue weighted by Crippen LogP contribution is 2.17. The maximum Gasteiger partial charge on any atom is 0.188 e. The van der Waals surface area contributed by atoms with E-state index >= 15 is 0 Å². The van der Waals surface area contributed by atoms with Crippen LogP contribution in [-0.2, 0) is 11.3 Å². The molecule has 0 aliphatic rings. The predicted octanol–water partition coefficient (Wildman–Crippen LogP) is 2.26. The van der Waals surface area contributed by atoms with Gasteiger partial charge >= 0.3 is 0 Å². The van der Waals surface area contributed by atoms with Crippen molar-refractivity contribution in [1.29, 1.82) is 0 Å². The molecule has 1 rings (SSSR count). The fourth-order valence-electron chi connectivity index (χ4n) is 1.33. The van der Waals surface area contributed by atoms with Gasteiger partial charge in [0, 0.05) is 24.9 Å². The molecular weight excluding hydrogens is 216 g/mol. The quantitative estimate of drug-likeness (QED) is 0.799. The number of hydrogen-bond acceptors (Lipinski definition) is 4. The standard InChI is InChI=1S/C13H22N2O2/c1-10-6-7-12(17-9-16-5)11(15-10)8-14-13(2,3)4/h6-7,14H,8-9H2,1-5H3. The minimum Gasteiger partial charge on any atom is -0.466 e. The number of aryl methyl sites for hydroxylation is 1. The first-order chi connectivity index (χ1) is 7.92. The first-order valence-corrected chi connectivity index (χ1v) is 5.75. The number of nitrogens with zero attached hydrogens (tertiary/aromatic N) is 1. The second-order valence-corrected chi connectivity index (χ2v) is 5.05. The number of aromatic nitrogens is 1. The topological polar surface area (TPSA) is 43.4 Å². The van der Waals surface area contributed by atoms with Crippen molar-refractivity contribution in [3.63, 3.8) is 0 Å². The van der Waals surface area contributed by atoms with Crippen molar-refractivity contribution in [3.8, 4) is 5.75 Å². The Morgan fingerprint density at radius 1 is 1.29 bits per heavy atom. The van der Waals surface area contributed by atoms with Gasteiger partial charge in [-0.1, -0.05) is 0 Å². The van der Waals surface area contributed by atoms with Gasteiger partial charge in [-0.3, -0.25) is 4.98 Å². The average molecular weight is 238 g/mol. The fourth-order valence-corrected chi connectivity index (χ4v) is 1.33. The summed E-state index contributed by atoms with van der Waals surface area (Å²) in [5.41, 5.74) is 1.96. The third-order valence-corrected chi connectivity index (χ3v) is 2.19. The number of hydrogen-bond donors (Lipinski definition) is 1. The highest BCUT2D eigenvalue weighted by atomic mass is 16.7. The van der Waals surface area contributed by atoms with E-state index in [-0.39, 0.29) is 12.3 Å². The van der Waals surface area contributed by atoms with E-state index in [0.29, 0.717) is 6.54 Å². The van der Waals surface area contributed by atoms with Crippen LogP contribution in [0.1, 0.15) is 32.2 Å².